The van der Waals surface area contributed by atoms with E-state index in [1.807, 2.05) is 0 Å². The van der Waals surface area contributed by atoms with Crippen molar-refractivity contribution in [1.29, 1.82) is 0 Å². The molecule has 1 unspecified atom stereocenters. The fraction of sp³-hybridized carbons (Fsp3) is 0.167. The largest absolute Gasteiger partial charge is 0.451 e. The van der Waals surface area contributed by atoms with Crippen LogP contribution in [0.3, 0.4) is 0 Å². The number of H-pyrrole nitrogens is 1. The van der Waals surface area contributed by atoms with E-state index in [4.69, 9.17) is 10.2 Å². The van der Waals surface area contributed by atoms with Gasteiger partial charge in [0.15, 0.2) is 11.6 Å². The van der Waals surface area contributed by atoms with Gasteiger partial charge in [-0.2, -0.15) is 5.21 Å². The van der Waals surface area contributed by atoms with Crippen molar-refractivity contribution in [2.24, 2.45) is 0 Å². The molecule has 3 aromatic rings. The molecule has 0 fully saturated rings. The number of tetrazole rings is 1. The van der Waals surface area contributed by atoms with Crippen LogP contribution in [0.2, 0.25) is 0 Å². The van der Waals surface area contributed by atoms with Crippen molar-refractivity contribution in [2.45, 2.75) is 13.0 Å². The smallest absolute Gasteiger partial charge is 0.287 e. The number of carbonyl (C=O) groups is 1. The zero-order chi connectivity index (χ0) is 14.1. The lowest BCUT2D eigenvalue weighted by Gasteiger charge is -2.07. The van der Waals surface area contributed by atoms with Crippen molar-refractivity contribution in [2.75, 3.05) is 5.73 Å². The lowest BCUT2D eigenvalue weighted by atomic mass is 10.2. The summed E-state index contributed by atoms with van der Waals surface area (Å²) in [5.41, 5.74) is 6.91. The fourth-order valence-corrected chi connectivity index (χ4v) is 1.86. The van der Waals surface area contributed by atoms with E-state index < -0.39 is 0 Å². The average Bonchev–Trinajstić information content (AvgIpc) is 3.07. The van der Waals surface area contributed by atoms with Crippen molar-refractivity contribution in [3.63, 3.8) is 0 Å². The number of hydrogen-bond acceptors (Lipinski definition) is 6. The molecule has 0 saturated carbocycles. The molecule has 0 aliphatic rings. The maximum Gasteiger partial charge on any atom is 0.287 e. The lowest BCUT2D eigenvalue weighted by Crippen LogP contribution is -2.27. The second kappa shape index (κ2) is 4.65. The zero-order valence-electron chi connectivity index (χ0n) is 10.6. The van der Waals surface area contributed by atoms with E-state index in [-0.39, 0.29) is 17.7 Å². The molecule has 20 heavy (non-hydrogen) atoms. The SMILES string of the molecule is CC(NC(=O)c1cc2cc(N)ccc2o1)c1nn[nH]n1. The van der Waals surface area contributed by atoms with Crippen LogP contribution >= 0.6 is 0 Å². The molecule has 8 heteroatoms. The minimum absolute atomic E-state index is 0.209. The summed E-state index contributed by atoms with van der Waals surface area (Å²) in [4.78, 5) is 12.1. The number of fused-ring (bicyclic) bond motifs is 1. The number of rotatable bonds is 3. The standard InChI is InChI=1S/C12H12N6O2/c1-6(11-15-17-18-16-11)14-12(19)10-5-7-4-8(13)2-3-9(7)20-10/h2-6H,13H2,1H3,(H,14,19)(H,15,16,17,18). The van der Waals surface area contributed by atoms with E-state index in [0.29, 0.717) is 17.1 Å². The van der Waals surface area contributed by atoms with Crippen LogP contribution in [0, 0.1) is 0 Å². The summed E-state index contributed by atoms with van der Waals surface area (Å²) in [6, 6.07) is 6.46. The molecule has 2 heterocycles. The van der Waals surface area contributed by atoms with E-state index >= 15 is 0 Å². The van der Waals surface area contributed by atoms with E-state index in [0.717, 1.165) is 5.39 Å². The first kappa shape index (κ1) is 12.2. The molecule has 0 saturated heterocycles. The Morgan fingerprint density at radius 2 is 2.30 bits per heavy atom. The van der Waals surface area contributed by atoms with Crippen molar-refractivity contribution in [3.8, 4) is 0 Å². The number of benzene rings is 1. The van der Waals surface area contributed by atoms with Gasteiger partial charge in [-0.1, -0.05) is 5.21 Å². The number of furan rings is 1. The number of nitrogens with one attached hydrogen (secondary N) is 2. The molecule has 0 aliphatic heterocycles. The first-order valence-corrected chi connectivity index (χ1v) is 5.97. The molecular weight excluding hydrogens is 260 g/mol. The number of aromatic amines is 1. The van der Waals surface area contributed by atoms with Gasteiger partial charge in [0, 0.05) is 11.1 Å². The Morgan fingerprint density at radius 3 is 3.05 bits per heavy atom. The molecule has 3 rings (SSSR count). The van der Waals surface area contributed by atoms with E-state index in [1.165, 1.54) is 0 Å². The van der Waals surface area contributed by atoms with Crippen LogP contribution in [0.5, 0.6) is 0 Å². The molecule has 4 N–H and O–H groups in total. The van der Waals surface area contributed by atoms with Gasteiger partial charge in [0.05, 0.1) is 6.04 Å². The molecule has 102 valence electrons. The van der Waals surface area contributed by atoms with Gasteiger partial charge in [0.25, 0.3) is 5.91 Å². The Balaban J connectivity index is 1.82. The second-order valence-corrected chi connectivity index (χ2v) is 4.37. The van der Waals surface area contributed by atoms with Gasteiger partial charge in [0.2, 0.25) is 0 Å². The van der Waals surface area contributed by atoms with E-state index in [1.54, 1.807) is 31.2 Å². The highest BCUT2D eigenvalue weighted by molar-refractivity contribution is 5.96. The summed E-state index contributed by atoms with van der Waals surface area (Å²) in [5, 5.41) is 16.9. The highest BCUT2D eigenvalue weighted by atomic mass is 16.3. The van der Waals surface area contributed by atoms with Crippen LogP contribution in [-0.2, 0) is 0 Å². The van der Waals surface area contributed by atoms with Crippen LogP contribution in [-0.4, -0.2) is 26.5 Å². The zero-order valence-corrected chi connectivity index (χ0v) is 10.6. The number of hydrogen-bond donors (Lipinski definition) is 3. The number of nitrogens with zero attached hydrogens (tertiary/aromatic N) is 3. The van der Waals surface area contributed by atoms with Crippen LogP contribution in [0.4, 0.5) is 5.69 Å². The lowest BCUT2D eigenvalue weighted by molar-refractivity contribution is 0.0912. The Hall–Kier alpha value is -2.90. The predicted octanol–water partition coefficient (Wildman–Crippen LogP) is 1.02. The van der Waals surface area contributed by atoms with Gasteiger partial charge in [-0.15, -0.1) is 10.2 Å². The third-order valence-electron chi connectivity index (χ3n) is 2.86. The quantitative estimate of drug-likeness (QED) is 0.612. The van der Waals surface area contributed by atoms with Crippen LogP contribution < -0.4 is 11.1 Å². The summed E-state index contributed by atoms with van der Waals surface area (Å²) >= 11 is 0. The van der Waals surface area contributed by atoms with Gasteiger partial charge in [0.1, 0.15) is 5.58 Å². The fourth-order valence-electron chi connectivity index (χ4n) is 1.86. The molecule has 1 aromatic carbocycles. The summed E-state index contributed by atoms with van der Waals surface area (Å²) < 4.78 is 5.47. The molecular formula is C12H12N6O2. The minimum Gasteiger partial charge on any atom is -0.451 e. The van der Waals surface area contributed by atoms with Crippen LogP contribution in [0.1, 0.15) is 29.3 Å². The van der Waals surface area contributed by atoms with Gasteiger partial charge < -0.3 is 15.5 Å². The van der Waals surface area contributed by atoms with Crippen molar-refractivity contribution in [1.82, 2.24) is 25.9 Å². The first-order valence-electron chi connectivity index (χ1n) is 5.97. The van der Waals surface area contributed by atoms with Crippen LogP contribution in [0.15, 0.2) is 28.7 Å². The normalized spacial score (nSPS) is 12.4. The van der Waals surface area contributed by atoms with Crippen molar-refractivity contribution < 1.29 is 9.21 Å². The Labute approximate surface area is 113 Å². The number of anilines is 1. The second-order valence-electron chi connectivity index (χ2n) is 4.37. The molecule has 8 nitrogen and oxygen atoms in total. The Kier molecular flexibility index (Phi) is 2.82. The Bertz CT molecular complexity index is 748. The average molecular weight is 272 g/mol. The van der Waals surface area contributed by atoms with Crippen molar-refractivity contribution >= 4 is 22.6 Å². The predicted molar refractivity (Wildman–Crippen MR) is 70.7 cm³/mol. The number of aromatic nitrogens is 4. The maximum atomic E-state index is 12.1. The van der Waals surface area contributed by atoms with E-state index in [2.05, 4.69) is 25.9 Å². The number of carbonyl (C=O) groups excluding carboxylic acids is 1. The summed E-state index contributed by atoms with van der Waals surface area (Å²) in [6.07, 6.45) is 0. The highest BCUT2D eigenvalue weighted by Crippen LogP contribution is 2.22. The van der Waals surface area contributed by atoms with Gasteiger partial charge >= 0.3 is 0 Å². The monoisotopic (exact) mass is 272 g/mol. The highest BCUT2D eigenvalue weighted by Gasteiger charge is 2.17. The molecule has 1 atom stereocenters. The molecule has 0 bridgehead atoms. The van der Waals surface area contributed by atoms with E-state index in [9.17, 15) is 4.79 Å². The topological polar surface area (TPSA) is 123 Å². The number of nitrogen functional groups attached to an aromatic ring is 1. The third kappa shape index (κ3) is 2.18. The summed E-state index contributed by atoms with van der Waals surface area (Å²) in [5.74, 6) is 0.261. The van der Waals surface area contributed by atoms with Crippen LogP contribution in [0.25, 0.3) is 11.0 Å². The molecule has 0 aliphatic carbocycles. The molecule has 2 aromatic heterocycles. The summed E-state index contributed by atoms with van der Waals surface area (Å²) in [6.45, 7) is 1.75. The van der Waals surface area contributed by atoms with Gasteiger partial charge in [-0.25, -0.2) is 0 Å². The first-order chi connectivity index (χ1) is 9.63. The maximum absolute atomic E-state index is 12.1. The molecule has 0 radical (unpaired) electrons. The minimum atomic E-state index is -0.375. The number of nitrogens with two attached hydrogens (primary N) is 1. The van der Waals surface area contributed by atoms with Gasteiger partial charge in [-0.3, -0.25) is 4.79 Å². The molecule has 1 amide bonds. The summed E-state index contributed by atoms with van der Waals surface area (Å²) in [7, 11) is 0. The Morgan fingerprint density at radius 1 is 1.45 bits per heavy atom. The number of amides is 1. The van der Waals surface area contributed by atoms with Gasteiger partial charge in [-0.05, 0) is 31.2 Å². The van der Waals surface area contributed by atoms with Crippen molar-refractivity contribution in [3.05, 3.63) is 35.9 Å². The third-order valence-corrected chi connectivity index (χ3v) is 2.86. The molecule has 0 spiro atoms.